The van der Waals surface area contributed by atoms with E-state index in [0.29, 0.717) is 17.7 Å². The highest BCUT2D eigenvalue weighted by Crippen LogP contribution is 2.29. The van der Waals surface area contributed by atoms with Gasteiger partial charge >= 0.3 is 0 Å². The van der Waals surface area contributed by atoms with Crippen LogP contribution in [-0.2, 0) is 4.79 Å². The molecule has 3 rings (SSSR count). The number of carbonyl (C=O) groups excluding carboxylic acids is 1. The summed E-state index contributed by atoms with van der Waals surface area (Å²) in [6.07, 6.45) is 6.02. The second-order valence-corrected chi connectivity index (χ2v) is 5.97. The number of nitrogens with zero attached hydrogens (tertiary/aromatic N) is 1. The van der Waals surface area contributed by atoms with E-state index in [0.717, 1.165) is 45.6 Å². The number of hydrogen-bond donors (Lipinski definition) is 2. The van der Waals surface area contributed by atoms with Gasteiger partial charge in [-0.05, 0) is 38.8 Å². The van der Waals surface area contributed by atoms with Gasteiger partial charge in [0.05, 0.1) is 6.04 Å². The minimum Gasteiger partial charge on any atom is -0.317 e. The lowest BCUT2D eigenvalue weighted by atomic mass is 9.84. The molecule has 2 aliphatic heterocycles. The highest BCUT2D eigenvalue weighted by atomic mass is 16.1. The van der Waals surface area contributed by atoms with E-state index in [4.69, 9.17) is 0 Å². The minimum atomic E-state index is 0.159. The molecule has 0 aromatic rings. The van der Waals surface area contributed by atoms with Crippen molar-refractivity contribution in [3.63, 3.8) is 0 Å². The summed E-state index contributed by atoms with van der Waals surface area (Å²) in [4.78, 5) is 15.2. The van der Waals surface area contributed by atoms with Gasteiger partial charge in [-0.3, -0.25) is 9.69 Å². The van der Waals surface area contributed by atoms with Gasteiger partial charge in [0.1, 0.15) is 0 Å². The van der Waals surface area contributed by atoms with Gasteiger partial charge in [-0.15, -0.1) is 0 Å². The topological polar surface area (TPSA) is 44.4 Å². The minimum absolute atomic E-state index is 0.159. The van der Waals surface area contributed by atoms with Crippen LogP contribution in [0.25, 0.3) is 0 Å². The number of piperidine rings is 1. The molecule has 102 valence electrons. The third-order valence-corrected chi connectivity index (χ3v) is 4.90. The van der Waals surface area contributed by atoms with Crippen LogP contribution in [0.5, 0.6) is 0 Å². The first-order valence-electron chi connectivity index (χ1n) is 7.57. The summed E-state index contributed by atoms with van der Waals surface area (Å²) in [5, 5.41) is 6.76. The Morgan fingerprint density at radius 2 is 1.78 bits per heavy atom. The Balaban J connectivity index is 1.65. The van der Waals surface area contributed by atoms with Crippen LogP contribution < -0.4 is 10.6 Å². The van der Waals surface area contributed by atoms with E-state index in [1.165, 1.54) is 19.3 Å². The molecular weight excluding hydrogens is 226 g/mol. The predicted octanol–water partition coefficient (Wildman–Crippen LogP) is 0.381. The second kappa shape index (κ2) is 5.68. The first kappa shape index (κ1) is 12.6. The van der Waals surface area contributed by atoms with Crippen molar-refractivity contribution in [2.45, 2.75) is 44.2 Å². The zero-order valence-electron chi connectivity index (χ0n) is 11.2. The van der Waals surface area contributed by atoms with Gasteiger partial charge in [0, 0.05) is 31.6 Å². The number of carbonyl (C=O) groups is 1. The molecule has 18 heavy (non-hydrogen) atoms. The van der Waals surface area contributed by atoms with Crippen molar-refractivity contribution in [2.75, 3.05) is 32.7 Å². The van der Waals surface area contributed by atoms with Crippen LogP contribution >= 0.6 is 0 Å². The van der Waals surface area contributed by atoms with Crippen LogP contribution in [0.1, 0.15) is 32.1 Å². The summed E-state index contributed by atoms with van der Waals surface area (Å²) < 4.78 is 0. The van der Waals surface area contributed by atoms with E-state index in [1.807, 2.05) is 0 Å². The quantitative estimate of drug-likeness (QED) is 0.761. The van der Waals surface area contributed by atoms with Crippen molar-refractivity contribution in [3.05, 3.63) is 0 Å². The number of piperazine rings is 1. The smallest absolute Gasteiger partial charge is 0.154 e. The molecule has 3 fully saturated rings. The maximum atomic E-state index is 12.7. The highest BCUT2D eigenvalue weighted by Gasteiger charge is 2.38. The zero-order valence-corrected chi connectivity index (χ0v) is 11.2. The van der Waals surface area contributed by atoms with E-state index in [9.17, 15) is 4.79 Å². The molecule has 0 aromatic carbocycles. The molecule has 0 amide bonds. The monoisotopic (exact) mass is 251 g/mol. The van der Waals surface area contributed by atoms with Gasteiger partial charge in [-0.25, -0.2) is 0 Å². The van der Waals surface area contributed by atoms with E-state index in [2.05, 4.69) is 15.5 Å². The highest BCUT2D eigenvalue weighted by molar-refractivity contribution is 5.86. The number of ketones is 1. The first-order valence-corrected chi connectivity index (χ1v) is 7.57. The Bertz CT molecular complexity index is 297. The van der Waals surface area contributed by atoms with Gasteiger partial charge in [0.25, 0.3) is 0 Å². The Labute approximate surface area is 109 Å². The Morgan fingerprint density at radius 1 is 1.00 bits per heavy atom. The fraction of sp³-hybridized carbons (Fsp3) is 0.929. The third kappa shape index (κ3) is 2.46. The Kier molecular flexibility index (Phi) is 3.97. The fourth-order valence-electron chi connectivity index (χ4n) is 3.52. The average Bonchev–Trinajstić information content (AvgIpc) is 2.38. The molecule has 0 bridgehead atoms. The van der Waals surface area contributed by atoms with Crippen LogP contribution in [0, 0.1) is 5.92 Å². The van der Waals surface area contributed by atoms with Gasteiger partial charge in [0.15, 0.2) is 5.78 Å². The fourth-order valence-corrected chi connectivity index (χ4v) is 3.52. The average molecular weight is 251 g/mol. The van der Waals surface area contributed by atoms with Gasteiger partial charge in [-0.2, -0.15) is 0 Å². The summed E-state index contributed by atoms with van der Waals surface area (Å²) in [6, 6.07) is 0.856. The van der Waals surface area contributed by atoms with Gasteiger partial charge in [-0.1, -0.05) is 6.42 Å². The lowest BCUT2D eigenvalue weighted by Crippen LogP contribution is -2.61. The molecule has 0 radical (unpaired) electrons. The summed E-state index contributed by atoms with van der Waals surface area (Å²) >= 11 is 0. The lowest BCUT2D eigenvalue weighted by Gasteiger charge is -2.45. The third-order valence-electron chi connectivity index (χ3n) is 4.90. The molecule has 1 atom stereocenters. The number of rotatable bonds is 3. The molecule has 1 saturated carbocycles. The summed E-state index contributed by atoms with van der Waals surface area (Å²) in [5.41, 5.74) is 0. The van der Waals surface area contributed by atoms with Crippen molar-refractivity contribution >= 4 is 5.78 Å². The number of Topliss-reactive ketones (excluding diaryl/α,β-unsaturated/α-hetero) is 1. The van der Waals surface area contributed by atoms with Gasteiger partial charge < -0.3 is 10.6 Å². The number of nitrogens with one attached hydrogen (secondary N) is 2. The van der Waals surface area contributed by atoms with Crippen LogP contribution in [0.15, 0.2) is 0 Å². The molecular formula is C14H25N3O. The van der Waals surface area contributed by atoms with Crippen LogP contribution in [0.3, 0.4) is 0 Å². The van der Waals surface area contributed by atoms with E-state index >= 15 is 0 Å². The van der Waals surface area contributed by atoms with Gasteiger partial charge in [0.2, 0.25) is 0 Å². The van der Waals surface area contributed by atoms with Crippen molar-refractivity contribution in [2.24, 2.45) is 5.92 Å². The van der Waals surface area contributed by atoms with Crippen LogP contribution in [-0.4, -0.2) is 55.5 Å². The molecule has 2 heterocycles. The Morgan fingerprint density at radius 3 is 2.44 bits per heavy atom. The van der Waals surface area contributed by atoms with Crippen molar-refractivity contribution in [1.29, 1.82) is 0 Å². The molecule has 1 unspecified atom stereocenters. The lowest BCUT2D eigenvalue weighted by molar-refractivity contribution is -0.131. The Hall–Kier alpha value is -0.450. The van der Waals surface area contributed by atoms with Crippen molar-refractivity contribution in [3.8, 4) is 0 Å². The molecule has 3 aliphatic rings. The SMILES string of the molecule is O=C(C1CCNCC1)C1CNCCN1C1CCC1. The largest absolute Gasteiger partial charge is 0.317 e. The standard InChI is InChI=1S/C14H25N3O/c18-14(11-4-6-15-7-5-11)13-10-16-8-9-17(13)12-2-1-3-12/h11-13,15-16H,1-10H2. The van der Waals surface area contributed by atoms with E-state index < -0.39 is 0 Å². The molecule has 4 nitrogen and oxygen atoms in total. The van der Waals surface area contributed by atoms with E-state index in [-0.39, 0.29) is 6.04 Å². The van der Waals surface area contributed by atoms with Crippen LogP contribution in [0.4, 0.5) is 0 Å². The van der Waals surface area contributed by atoms with Crippen molar-refractivity contribution in [1.82, 2.24) is 15.5 Å². The maximum absolute atomic E-state index is 12.7. The number of hydrogen-bond acceptors (Lipinski definition) is 4. The van der Waals surface area contributed by atoms with E-state index in [1.54, 1.807) is 0 Å². The first-order chi connectivity index (χ1) is 8.86. The normalized spacial score (nSPS) is 32.1. The molecule has 2 saturated heterocycles. The molecule has 1 aliphatic carbocycles. The predicted molar refractivity (Wildman–Crippen MR) is 71.6 cm³/mol. The van der Waals surface area contributed by atoms with Crippen LogP contribution in [0.2, 0.25) is 0 Å². The second-order valence-electron chi connectivity index (χ2n) is 5.97. The summed E-state index contributed by atoms with van der Waals surface area (Å²) in [6.45, 7) is 5.01. The zero-order chi connectivity index (χ0) is 12.4. The summed E-state index contributed by atoms with van der Waals surface area (Å²) in [7, 11) is 0. The molecule has 0 aromatic heterocycles. The molecule has 0 spiro atoms. The summed E-state index contributed by atoms with van der Waals surface area (Å²) in [5.74, 6) is 0.814. The maximum Gasteiger partial charge on any atom is 0.154 e. The van der Waals surface area contributed by atoms with Crippen molar-refractivity contribution < 1.29 is 4.79 Å². The molecule has 2 N–H and O–H groups in total. The molecule has 4 heteroatoms.